The van der Waals surface area contributed by atoms with Crippen molar-refractivity contribution in [2.24, 2.45) is 0 Å². The van der Waals surface area contributed by atoms with Crippen LogP contribution in [-0.2, 0) is 16.1 Å². The van der Waals surface area contributed by atoms with Crippen molar-refractivity contribution in [3.05, 3.63) is 82.3 Å². The maximum Gasteiger partial charge on any atom is 0.313 e. The molecule has 4 aromatic rings. The van der Waals surface area contributed by atoms with Crippen LogP contribution in [0.15, 0.2) is 65.5 Å². The summed E-state index contributed by atoms with van der Waals surface area (Å²) in [5, 5.41) is 0. The SMILES string of the molecule is CC[C@@H](C(=O)OCc1cc(=O)n2c(n1)sc1ccccc12)c1ccccc1. The van der Waals surface area contributed by atoms with Crippen molar-refractivity contribution in [1.29, 1.82) is 0 Å². The summed E-state index contributed by atoms with van der Waals surface area (Å²) in [5.41, 5.74) is 2.06. The first-order chi connectivity index (χ1) is 13.2. The summed E-state index contributed by atoms with van der Waals surface area (Å²) in [5.74, 6) is -0.623. The van der Waals surface area contributed by atoms with Gasteiger partial charge in [-0.15, -0.1) is 0 Å². The van der Waals surface area contributed by atoms with Gasteiger partial charge in [-0.05, 0) is 24.1 Å². The number of esters is 1. The van der Waals surface area contributed by atoms with Crippen molar-refractivity contribution in [2.75, 3.05) is 0 Å². The zero-order valence-electron chi connectivity index (χ0n) is 14.8. The molecule has 0 saturated heterocycles. The summed E-state index contributed by atoms with van der Waals surface area (Å²) >= 11 is 1.44. The molecule has 0 aliphatic rings. The van der Waals surface area contributed by atoms with E-state index in [0.29, 0.717) is 17.1 Å². The lowest BCUT2D eigenvalue weighted by Crippen LogP contribution is -2.18. The lowest BCUT2D eigenvalue weighted by atomic mass is 9.97. The van der Waals surface area contributed by atoms with Gasteiger partial charge in [-0.1, -0.05) is 60.7 Å². The number of hydrogen-bond donors (Lipinski definition) is 0. The van der Waals surface area contributed by atoms with E-state index in [-0.39, 0.29) is 24.1 Å². The number of thiazole rings is 1. The minimum atomic E-state index is -0.319. The Morgan fingerprint density at radius 1 is 1.15 bits per heavy atom. The highest BCUT2D eigenvalue weighted by atomic mass is 32.1. The summed E-state index contributed by atoms with van der Waals surface area (Å²) in [4.78, 5) is 30.1. The number of ether oxygens (including phenoxy) is 1. The van der Waals surface area contributed by atoms with E-state index in [2.05, 4.69) is 4.98 Å². The van der Waals surface area contributed by atoms with Gasteiger partial charge in [-0.25, -0.2) is 4.98 Å². The number of fused-ring (bicyclic) bond motifs is 3. The van der Waals surface area contributed by atoms with Crippen LogP contribution in [-0.4, -0.2) is 15.4 Å². The van der Waals surface area contributed by atoms with Gasteiger partial charge >= 0.3 is 5.97 Å². The van der Waals surface area contributed by atoms with Crippen LogP contribution in [0.5, 0.6) is 0 Å². The zero-order chi connectivity index (χ0) is 18.8. The molecule has 0 spiro atoms. The molecule has 0 aliphatic heterocycles. The molecule has 5 nitrogen and oxygen atoms in total. The minimum Gasteiger partial charge on any atom is -0.459 e. The van der Waals surface area contributed by atoms with Crippen molar-refractivity contribution in [3.8, 4) is 0 Å². The highest BCUT2D eigenvalue weighted by Crippen LogP contribution is 2.24. The Morgan fingerprint density at radius 2 is 1.89 bits per heavy atom. The molecule has 0 saturated carbocycles. The summed E-state index contributed by atoms with van der Waals surface area (Å²) < 4.78 is 8.05. The molecule has 4 rings (SSSR count). The van der Waals surface area contributed by atoms with Crippen LogP contribution in [0, 0.1) is 0 Å². The molecule has 0 N–H and O–H groups in total. The molecule has 2 aromatic carbocycles. The molecule has 0 unspecified atom stereocenters. The molecule has 136 valence electrons. The fourth-order valence-electron chi connectivity index (χ4n) is 3.17. The fraction of sp³-hybridized carbons (Fsp3) is 0.190. The first-order valence-electron chi connectivity index (χ1n) is 8.79. The van der Waals surface area contributed by atoms with Crippen molar-refractivity contribution < 1.29 is 9.53 Å². The highest BCUT2D eigenvalue weighted by molar-refractivity contribution is 7.23. The van der Waals surface area contributed by atoms with E-state index in [9.17, 15) is 9.59 Å². The molecule has 0 radical (unpaired) electrons. The van der Waals surface area contributed by atoms with Gasteiger partial charge in [0.1, 0.15) is 6.61 Å². The summed E-state index contributed by atoms with van der Waals surface area (Å²) in [6.45, 7) is 1.94. The summed E-state index contributed by atoms with van der Waals surface area (Å²) in [6.07, 6.45) is 0.647. The molecular weight excluding hydrogens is 360 g/mol. The van der Waals surface area contributed by atoms with E-state index >= 15 is 0 Å². The Hall–Kier alpha value is -2.99. The second-order valence-electron chi connectivity index (χ2n) is 6.25. The van der Waals surface area contributed by atoms with Crippen LogP contribution in [0.4, 0.5) is 0 Å². The Labute approximate surface area is 159 Å². The Balaban J connectivity index is 1.57. The second kappa shape index (κ2) is 7.32. The average Bonchev–Trinajstić information content (AvgIpc) is 3.06. The van der Waals surface area contributed by atoms with E-state index in [1.165, 1.54) is 17.4 Å². The highest BCUT2D eigenvalue weighted by Gasteiger charge is 2.20. The maximum absolute atomic E-state index is 12.5. The Morgan fingerprint density at radius 3 is 2.67 bits per heavy atom. The van der Waals surface area contributed by atoms with Crippen LogP contribution < -0.4 is 5.56 Å². The lowest BCUT2D eigenvalue weighted by Gasteiger charge is -2.14. The summed E-state index contributed by atoms with van der Waals surface area (Å²) in [6, 6.07) is 18.7. The Kier molecular flexibility index (Phi) is 4.73. The molecule has 0 aliphatic carbocycles. The number of nitrogens with zero attached hydrogens (tertiary/aromatic N) is 2. The third-order valence-corrected chi connectivity index (χ3v) is 5.53. The number of carbonyl (C=O) groups excluding carboxylic acids is 1. The normalized spacial score (nSPS) is 12.3. The van der Waals surface area contributed by atoms with Gasteiger partial charge < -0.3 is 4.74 Å². The topological polar surface area (TPSA) is 60.7 Å². The minimum absolute atomic E-state index is 0.0118. The van der Waals surface area contributed by atoms with Crippen molar-refractivity contribution in [1.82, 2.24) is 9.38 Å². The van der Waals surface area contributed by atoms with Gasteiger partial charge in [-0.3, -0.25) is 14.0 Å². The van der Waals surface area contributed by atoms with Gasteiger partial charge in [0.2, 0.25) is 0 Å². The van der Waals surface area contributed by atoms with Crippen LogP contribution in [0.25, 0.3) is 15.2 Å². The van der Waals surface area contributed by atoms with E-state index in [0.717, 1.165) is 15.8 Å². The molecule has 0 bridgehead atoms. The number of aromatic nitrogens is 2. The predicted octanol–water partition coefficient (Wildman–Crippen LogP) is 4.15. The molecule has 1 atom stereocenters. The number of rotatable bonds is 5. The van der Waals surface area contributed by atoms with Gasteiger partial charge in [0.25, 0.3) is 5.56 Å². The maximum atomic E-state index is 12.5. The van der Waals surface area contributed by atoms with Crippen LogP contribution in [0.3, 0.4) is 0 Å². The third-order valence-electron chi connectivity index (χ3n) is 4.51. The first kappa shape index (κ1) is 17.4. The van der Waals surface area contributed by atoms with Gasteiger partial charge in [0, 0.05) is 6.07 Å². The summed E-state index contributed by atoms with van der Waals surface area (Å²) in [7, 11) is 0. The first-order valence-corrected chi connectivity index (χ1v) is 9.61. The molecular formula is C21H18N2O3S. The van der Waals surface area contributed by atoms with Crippen LogP contribution >= 0.6 is 11.3 Å². The molecule has 6 heteroatoms. The van der Waals surface area contributed by atoms with E-state index < -0.39 is 0 Å². The van der Waals surface area contributed by atoms with Crippen molar-refractivity contribution in [3.63, 3.8) is 0 Å². The quantitative estimate of drug-likeness (QED) is 0.490. The average molecular weight is 378 g/mol. The molecule has 0 amide bonds. The largest absolute Gasteiger partial charge is 0.459 e. The predicted molar refractivity (Wildman–Crippen MR) is 106 cm³/mol. The van der Waals surface area contributed by atoms with E-state index in [1.54, 1.807) is 4.40 Å². The van der Waals surface area contributed by atoms with Gasteiger partial charge in [-0.2, -0.15) is 0 Å². The molecule has 2 aromatic heterocycles. The van der Waals surface area contributed by atoms with Crippen LogP contribution in [0.2, 0.25) is 0 Å². The third kappa shape index (κ3) is 3.36. The second-order valence-corrected chi connectivity index (χ2v) is 7.26. The van der Waals surface area contributed by atoms with E-state index in [1.807, 2.05) is 61.5 Å². The molecule has 2 heterocycles. The monoisotopic (exact) mass is 378 g/mol. The van der Waals surface area contributed by atoms with Crippen molar-refractivity contribution >= 4 is 32.5 Å². The van der Waals surface area contributed by atoms with Gasteiger partial charge in [0.05, 0.1) is 21.8 Å². The van der Waals surface area contributed by atoms with E-state index in [4.69, 9.17) is 4.74 Å². The number of hydrogen-bond acceptors (Lipinski definition) is 5. The van der Waals surface area contributed by atoms with Crippen LogP contribution in [0.1, 0.15) is 30.5 Å². The number of benzene rings is 2. The molecule has 27 heavy (non-hydrogen) atoms. The van der Waals surface area contributed by atoms with Gasteiger partial charge in [0.15, 0.2) is 4.96 Å². The lowest BCUT2D eigenvalue weighted by molar-refractivity contribution is -0.147. The van der Waals surface area contributed by atoms with Crippen molar-refractivity contribution in [2.45, 2.75) is 25.9 Å². The fourth-order valence-corrected chi connectivity index (χ4v) is 4.22. The standard InChI is InChI=1S/C21H18N2O3S/c1-2-16(14-8-4-3-5-9-14)20(25)26-13-15-12-19(24)23-17-10-6-7-11-18(17)27-21(23)22-15/h3-12,16H,2,13H2,1H3/t16-/m1/s1. The Bertz CT molecular complexity index is 1160. The number of carbonyl (C=O) groups is 1. The smallest absolute Gasteiger partial charge is 0.313 e. The zero-order valence-corrected chi connectivity index (χ0v) is 15.6. The molecule has 0 fully saturated rings. The number of para-hydroxylation sites is 1.